The van der Waals surface area contributed by atoms with Crippen molar-refractivity contribution in [3.05, 3.63) is 15.8 Å². The SMILES string of the molecule is Cc1cc(S(=O)(=O)N2CCN(C(=O)CSc3nnnn3C3CC3)CC2)c(C)s1. The normalized spacial score (nSPS) is 18.6. The van der Waals surface area contributed by atoms with Crippen LogP contribution in [-0.4, -0.2) is 75.7 Å². The van der Waals surface area contributed by atoms with Crippen LogP contribution in [0, 0.1) is 13.8 Å². The quantitative estimate of drug-likeness (QED) is 0.622. The molecule has 0 N–H and O–H groups in total. The number of aromatic nitrogens is 4. The number of hydrogen-bond donors (Lipinski definition) is 0. The minimum Gasteiger partial charge on any atom is -0.339 e. The second-order valence-electron chi connectivity index (χ2n) is 6.99. The molecule has 2 aliphatic rings. The van der Waals surface area contributed by atoms with Gasteiger partial charge in [0.1, 0.15) is 0 Å². The molecule has 28 heavy (non-hydrogen) atoms. The molecule has 3 heterocycles. The number of rotatable bonds is 6. The van der Waals surface area contributed by atoms with Crippen LogP contribution in [0.15, 0.2) is 16.1 Å². The molecule has 1 saturated carbocycles. The van der Waals surface area contributed by atoms with E-state index < -0.39 is 10.0 Å². The summed E-state index contributed by atoms with van der Waals surface area (Å²) in [5.74, 6) is 0.234. The fourth-order valence-electron chi connectivity index (χ4n) is 3.23. The zero-order chi connectivity index (χ0) is 19.9. The lowest BCUT2D eigenvalue weighted by Crippen LogP contribution is -2.51. The zero-order valence-electron chi connectivity index (χ0n) is 15.7. The number of carbonyl (C=O) groups excluding carboxylic acids is 1. The zero-order valence-corrected chi connectivity index (χ0v) is 18.2. The van der Waals surface area contributed by atoms with Crippen LogP contribution in [0.4, 0.5) is 0 Å². The lowest BCUT2D eigenvalue weighted by molar-refractivity contribution is -0.129. The Balaban J connectivity index is 1.32. The first-order valence-electron chi connectivity index (χ1n) is 9.12. The highest BCUT2D eigenvalue weighted by Gasteiger charge is 2.32. The monoisotopic (exact) mass is 442 g/mol. The van der Waals surface area contributed by atoms with Crippen LogP contribution in [0.2, 0.25) is 0 Å². The van der Waals surface area contributed by atoms with Crippen molar-refractivity contribution in [2.75, 3.05) is 31.9 Å². The first-order chi connectivity index (χ1) is 13.4. The minimum atomic E-state index is -3.51. The van der Waals surface area contributed by atoms with E-state index in [0.717, 1.165) is 22.6 Å². The fourth-order valence-corrected chi connectivity index (χ4v) is 7.02. The van der Waals surface area contributed by atoms with Gasteiger partial charge in [0.2, 0.25) is 21.1 Å². The summed E-state index contributed by atoms with van der Waals surface area (Å²) in [4.78, 5) is 16.4. The number of nitrogens with zero attached hydrogens (tertiary/aromatic N) is 6. The molecule has 0 unspecified atom stereocenters. The Kier molecular flexibility index (Phi) is 5.47. The van der Waals surface area contributed by atoms with Crippen molar-refractivity contribution in [2.24, 2.45) is 0 Å². The largest absolute Gasteiger partial charge is 0.339 e. The molecule has 4 rings (SSSR count). The van der Waals surface area contributed by atoms with E-state index in [-0.39, 0.29) is 11.7 Å². The Bertz CT molecular complexity index is 974. The third-order valence-corrected chi connectivity index (χ3v) is 8.92. The Morgan fingerprint density at radius 3 is 2.57 bits per heavy atom. The van der Waals surface area contributed by atoms with Crippen molar-refractivity contribution in [1.82, 2.24) is 29.4 Å². The number of thiophene rings is 1. The first-order valence-corrected chi connectivity index (χ1v) is 12.4. The van der Waals surface area contributed by atoms with Gasteiger partial charge in [-0.25, -0.2) is 13.1 Å². The average molecular weight is 443 g/mol. The molecule has 1 saturated heterocycles. The number of tetrazole rings is 1. The molecule has 0 bridgehead atoms. The van der Waals surface area contributed by atoms with Gasteiger partial charge in [0.15, 0.2) is 0 Å². The Labute approximate surface area is 172 Å². The maximum atomic E-state index is 12.9. The minimum absolute atomic E-state index is 0.0186. The van der Waals surface area contributed by atoms with Gasteiger partial charge in [0, 0.05) is 35.9 Å². The summed E-state index contributed by atoms with van der Waals surface area (Å²) in [6.45, 7) is 5.16. The van der Waals surface area contributed by atoms with Crippen molar-refractivity contribution >= 4 is 39.0 Å². The average Bonchev–Trinajstić information content (AvgIpc) is 3.30. The van der Waals surface area contributed by atoms with E-state index in [1.807, 2.05) is 13.8 Å². The summed E-state index contributed by atoms with van der Waals surface area (Å²) in [5, 5.41) is 12.3. The Hall–Kier alpha value is -1.50. The third kappa shape index (κ3) is 3.95. The summed E-state index contributed by atoms with van der Waals surface area (Å²) in [5.41, 5.74) is 0. The van der Waals surface area contributed by atoms with Crippen LogP contribution in [0.25, 0.3) is 0 Å². The molecule has 0 atom stereocenters. The van der Waals surface area contributed by atoms with E-state index in [2.05, 4.69) is 15.5 Å². The molecule has 12 heteroatoms. The molecule has 152 valence electrons. The Morgan fingerprint density at radius 1 is 1.25 bits per heavy atom. The van der Waals surface area contributed by atoms with Crippen LogP contribution in [0.5, 0.6) is 0 Å². The third-order valence-electron chi connectivity index (χ3n) is 4.88. The van der Waals surface area contributed by atoms with Gasteiger partial charge in [-0.1, -0.05) is 11.8 Å². The lowest BCUT2D eigenvalue weighted by Gasteiger charge is -2.34. The standard InChI is InChI=1S/C16H22N6O3S3/c1-11-9-14(12(2)27-11)28(24,25)21-7-5-20(6-8-21)15(23)10-26-16-17-18-19-22(16)13-3-4-13/h9,13H,3-8,10H2,1-2H3. The molecular formula is C16H22N6O3S3. The smallest absolute Gasteiger partial charge is 0.244 e. The molecule has 2 fully saturated rings. The molecule has 9 nitrogen and oxygen atoms in total. The number of carbonyl (C=O) groups is 1. The van der Waals surface area contributed by atoms with Crippen LogP contribution >= 0.6 is 23.1 Å². The van der Waals surface area contributed by atoms with Gasteiger partial charge in [-0.2, -0.15) is 4.31 Å². The van der Waals surface area contributed by atoms with Crippen LogP contribution < -0.4 is 0 Å². The molecule has 0 spiro atoms. The van der Waals surface area contributed by atoms with Crippen molar-refractivity contribution in [3.63, 3.8) is 0 Å². The van der Waals surface area contributed by atoms with Crippen molar-refractivity contribution in [3.8, 4) is 0 Å². The van der Waals surface area contributed by atoms with E-state index in [9.17, 15) is 13.2 Å². The van der Waals surface area contributed by atoms with Gasteiger partial charge in [0.05, 0.1) is 16.7 Å². The van der Waals surface area contributed by atoms with Crippen LogP contribution in [0.1, 0.15) is 28.6 Å². The van der Waals surface area contributed by atoms with Crippen LogP contribution in [0.3, 0.4) is 0 Å². The molecule has 1 aliphatic heterocycles. The molecule has 1 aliphatic carbocycles. The van der Waals surface area contributed by atoms with E-state index in [1.54, 1.807) is 15.6 Å². The molecule has 2 aromatic heterocycles. The number of amides is 1. The lowest BCUT2D eigenvalue weighted by atomic mass is 10.3. The van der Waals surface area contributed by atoms with E-state index in [4.69, 9.17) is 0 Å². The van der Waals surface area contributed by atoms with E-state index in [1.165, 1.54) is 27.4 Å². The van der Waals surface area contributed by atoms with Crippen LogP contribution in [-0.2, 0) is 14.8 Å². The Morgan fingerprint density at radius 2 is 1.96 bits per heavy atom. The van der Waals surface area contributed by atoms with Crippen molar-refractivity contribution in [2.45, 2.75) is 42.8 Å². The van der Waals surface area contributed by atoms with Gasteiger partial charge in [-0.15, -0.1) is 16.4 Å². The molecule has 0 aromatic carbocycles. The fraction of sp³-hybridized carbons (Fsp3) is 0.625. The predicted molar refractivity (Wildman–Crippen MR) is 106 cm³/mol. The number of hydrogen-bond acceptors (Lipinski definition) is 8. The highest BCUT2D eigenvalue weighted by molar-refractivity contribution is 7.99. The summed E-state index contributed by atoms with van der Waals surface area (Å²) in [6.07, 6.45) is 2.15. The van der Waals surface area contributed by atoms with Gasteiger partial charge in [-0.3, -0.25) is 4.79 Å². The highest BCUT2D eigenvalue weighted by atomic mass is 32.2. The summed E-state index contributed by atoms with van der Waals surface area (Å²) in [6, 6.07) is 2.10. The topological polar surface area (TPSA) is 101 Å². The number of piperazine rings is 1. The van der Waals surface area contributed by atoms with Crippen molar-refractivity contribution < 1.29 is 13.2 Å². The number of thioether (sulfide) groups is 1. The second kappa shape index (κ2) is 7.73. The van der Waals surface area contributed by atoms with Crippen molar-refractivity contribution in [1.29, 1.82) is 0 Å². The highest BCUT2D eigenvalue weighted by Crippen LogP contribution is 2.36. The summed E-state index contributed by atoms with van der Waals surface area (Å²) < 4.78 is 29.0. The van der Waals surface area contributed by atoms with Gasteiger partial charge < -0.3 is 4.90 Å². The van der Waals surface area contributed by atoms with E-state index >= 15 is 0 Å². The molecule has 1 amide bonds. The summed E-state index contributed by atoms with van der Waals surface area (Å²) in [7, 11) is -3.51. The van der Waals surface area contributed by atoms with Gasteiger partial charge in [0.25, 0.3) is 0 Å². The second-order valence-corrected chi connectivity index (χ2v) is 11.3. The maximum Gasteiger partial charge on any atom is 0.244 e. The molecular weight excluding hydrogens is 420 g/mol. The molecule has 0 radical (unpaired) electrons. The first kappa shape index (κ1) is 19.8. The molecule has 2 aromatic rings. The number of aryl methyl sites for hydroxylation is 2. The number of sulfonamides is 1. The predicted octanol–water partition coefficient (Wildman–Crippen LogP) is 1.31. The van der Waals surface area contributed by atoms with Gasteiger partial charge in [-0.05, 0) is 43.2 Å². The summed E-state index contributed by atoms with van der Waals surface area (Å²) >= 11 is 2.82. The van der Waals surface area contributed by atoms with Gasteiger partial charge >= 0.3 is 0 Å². The van der Waals surface area contributed by atoms with E-state index in [0.29, 0.717) is 42.3 Å². The maximum absolute atomic E-state index is 12.9.